The monoisotopic (exact) mass is 218 g/mol. The van der Waals surface area contributed by atoms with Crippen molar-refractivity contribution in [2.24, 2.45) is 0 Å². The molecule has 0 aliphatic rings. The first-order chi connectivity index (χ1) is 7.59. The molecule has 0 fully saturated rings. The Morgan fingerprint density at radius 2 is 1.88 bits per heavy atom. The number of Topliss-reactive ketones (excluding diaryl/α,β-unsaturated/α-hetero) is 1. The molecule has 0 aliphatic heterocycles. The summed E-state index contributed by atoms with van der Waals surface area (Å²) in [6.45, 7) is 5.20. The SMILES string of the molecule is C=C(CNC(=O)C(C)=O)Nc1ccccc1. The van der Waals surface area contributed by atoms with Gasteiger partial charge in [0.25, 0.3) is 5.91 Å². The van der Waals surface area contributed by atoms with Crippen molar-refractivity contribution in [2.75, 3.05) is 11.9 Å². The first-order valence-corrected chi connectivity index (χ1v) is 4.88. The Bertz CT molecular complexity index is 399. The molecule has 4 heteroatoms. The molecule has 1 aromatic rings. The van der Waals surface area contributed by atoms with E-state index in [9.17, 15) is 9.59 Å². The highest BCUT2D eigenvalue weighted by Gasteiger charge is 2.06. The lowest BCUT2D eigenvalue weighted by molar-refractivity contribution is -0.136. The molecule has 0 atom stereocenters. The van der Waals surface area contributed by atoms with Gasteiger partial charge in [0.1, 0.15) is 0 Å². The molecule has 1 amide bonds. The third-order valence-corrected chi connectivity index (χ3v) is 1.88. The molecule has 84 valence electrons. The summed E-state index contributed by atoms with van der Waals surface area (Å²) in [5.41, 5.74) is 1.52. The molecule has 0 aromatic heterocycles. The Morgan fingerprint density at radius 1 is 1.25 bits per heavy atom. The first-order valence-electron chi connectivity index (χ1n) is 4.88. The van der Waals surface area contributed by atoms with Crippen molar-refractivity contribution < 1.29 is 9.59 Å². The third kappa shape index (κ3) is 3.96. The minimum atomic E-state index is -0.601. The lowest BCUT2D eigenvalue weighted by atomic mass is 10.3. The van der Waals surface area contributed by atoms with Crippen LogP contribution >= 0.6 is 0 Å². The van der Waals surface area contributed by atoms with Gasteiger partial charge in [-0.05, 0) is 12.1 Å². The van der Waals surface area contributed by atoms with E-state index < -0.39 is 11.7 Å². The van der Waals surface area contributed by atoms with Gasteiger partial charge in [0.05, 0.1) is 6.54 Å². The second-order valence-corrected chi connectivity index (χ2v) is 3.33. The smallest absolute Gasteiger partial charge is 0.287 e. The molecular formula is C12H14N2O2. The van der Waals surface area contributed by atoms with E-state index in [0.29, 0.717) is 5.70 Å². The predicted molar refractivity (Wildman–Crippen MR) is 62.9 cm³/mol. The van der Waals surface area contributed by atoms with Gasteiger partial charge in [-0.3, -0.25) is 9.59 Å². The molecule has 0 aliphatic carbocycles. The van der Waals surface area contributed by atoms with Gasteiger partial charge < -0.3 is 10.6 Å². The van der Waals surface area contributed by atoms with E-state index in [2.05, 4.69) is 17.2 Å². The maximum Gasteiger partial charge on any atom is 0.287 e. The third-order valence-electron chi connectivity index (χ3n) is 1.88. The molecule has 4 nitrogen and oxygen atoms in total. The van der Waals surface area contributed by atoms with Crippen LogP contribution in [0.15, 0.2) is 42.6 Å². The number of benzene rings is 1. The molecule has 0 saturated carbocycles. The maximum absolute atomic E-state index is 11.0. The van der Waals surface area contributed by atoms with E-state index in [0.717, 1.165) is 5.69 Å². The van der Waals surface area contributed by atoms with Gasteiger partial charge in [0.2, 0.25) is 5.78 Å². The average molecular weight is 218 g/mol. The van der Waals surface area contributed by atoms with Crippen molar-refractivity contribution in [1.82, 2.24) is 5.32 Å². The Kier molecular flexibility index (Phi) is 4.27. The summed E-state index contributed by atoms with van der Waals surface area (Å²) in [5, 5.41) is 5.47. The normalized spacial score (nSPS) is 9.31. The molecule has 0 unspecified atom stereocenters. The summed E-state index contributed by atoms with van der Waals surface area (Å²) < 4.78 is 0. The number of hydrogen-bond acceptors (Lipinski definition) is 3. The van der Waals surface area contributed by atoms with Gasteiger partial charge in [-0.1, -0.05) is 24.8 Å². The fraction of sp³-hybridized carbons (Fsp3) is 0.167. The Balaban J connectivity index is 2.37. The zero-order valence-electron chi connectivity index (χ0n) is 9.12. The number of anilines is 1. The van der Waals surface area contributed by atoms with Crippen molar-refractivity contribution in [2.45, 2.75) is 6.92 Å². The van der Waals surface area contributed by atoms with Crippen LogP contribution in [0.5, 0.6) is 0 Å². The van der Waals surface area contributed by atoms with Crippen LogP contribution in [-0.4, -0.2) is 18.2 Å². The Labute approximate surface area is 94.4 Å². The van der Waals surface area contributed by atoms with Crippen LogP contribution in [0.4, 0.5) is 5.69 Å². The summed E-state index contributed by atoms with van der Waals surface area (Å²) in [7, 11) is 0. The maximum atomic E-state index is 11.0. The van der Waals surface area contributed by atoms with E-state index in [1.807, 2.05) is 30.3 Å². The predicted octanol–water partition coefficient (Wildman–Crippen LogP) is 1.32. The molecule has 0 spiro atoms. The van der Waals surface area contributed by atoms with Crippen LogP contribution in [-0.2, 0) is 9.59 Å². The van der Waals surface area contributed by atoms with E-state index >= 15 is 0 Å². The van der Waals surface area contributed by atoms with E-state index in [1.54, 1.807) is 0 Å². The number of amides is 1. The fourth-order valence-electron chi connectivity index (χ4n) is 1.08. The lowest BCUT2D eigenvalue weighted by Crippen LogP contribution is -2.31. The van der Waals surface area contributed by atoms with Crippen LogP contribution < -0.4 is 10.6 Å². The molecule has 2 N–H and O–H groups in total. The standard InChI is InChI=1S/C12H14N2O2/c1-9(8-13-12(16)10(2)15)14-11-6-4-3-5-7-11/h3-7,14H,1,8H2,2H3,(H,13,16). The van der Waals surface area contributed by atoms with E-state index in [-0.39, 0.29) is 6.54 Å². The molecular weight excluding hydrogens is 204 g/mol. The van der Waals surface area contributed by atoms with Gasteiger partial charge in [-0.15, -0.1) is 0 Å². The Hall–Kier alpha value is -2.10. The summed E-state index contributed by atoms with van der Waals surface area (Å²) >= 11 is 0. The first kappa shape index (κ1) is 12.0. The summed E-state index contributed by atoms with van der Waals surface area (Å²) in [6, 6.07) is 9.47. The van der Waals surface area contributed by atoms with Gasteiger partial charge >= 0.3 is 0 Å². The highest BCUT2D eigenvalue weighted by molar-refractivity contribution is 6.35. The van der Waals surface area contributed by atoms with Crippen molar-refractivity contribution in [3.05, 3.63) is 42.6 Å². The number of ketones is 1. The van der Waals surface area contributed by atoms with Crippen LogP contribution in [0, 0.1) is 0 Å². The van der Waals surface area contributed by atoms with Crippen molar-refractivity contribution >= 4 is 17.4 Å². The topological polar surface area (TPSA) is 58.2 Å². The average Bonchev–Trinajstić information content (AvgIpc) is 2.27. The number of carbonyl (C=O) groups is 2. The van der Waals surface area contributed by atoms with Gasteiger partial charge in [-0.25, -0.2) is 0 Å². The number of para-hydroxylation sites is 1. The summed E-state index contributed by atoms with van der Waals surface area (Å²) in [6.07, 6.45) is 0. The van der Waals surface area contributed by atoms with Crippen LogP contribution in [0.25, 0.3) is 0 Å². The van der Waals surface area contributed by atoms with Crippen LogP contribution in [0.2, 0.25) is 0 Å². The highest BCUT2D eigenvalue weighted by Crippen LogP contribution is 2.07. The number of nitrogens with one attached hydrogen (secondary N) is 2. The number of rotatable bonds is 5. The van der Waals surface area contributed by atoms with Crippen LogP contribution in [0.3, 0.4) is 0 Å². The molecule has 1 rings (SSSR count). The lowest BCUT2D eigenvalue weighted by Gasteiger charge is -2.09. The minimum Gasteiger partial charge on any atom is -0.358 e. The van der Waals surface area contributed by atoms with Crippen LogP contribution in [0.1, 0.15) is 6.92 Å². The fourth-order valence-corrected chi connectivity index (χ4v) is 1.08. The largest absolute Gasteiger partial charge is 0.358 e. The van der Waals surface area contributed by atoms with Crippen molar-refractivity contribution in [1.29, 1.82) is 0 Å². The number of carbonyl (C=O) groups excluding carboxylic acids is 2. The molecule has 0 saturated heterocycles. The zero-order chi connectivity index (χ0) is 12.0. The zero-order valence-corrected chi connectivity index (χ0v) is 9.12. The van der Waals surface area contributed by atoms with E-state index in [4.69, 9.17) is 0 Å². The second-order valence-electron chi connectivity index (χ2n) is 3.33. The quantitative estimate of drug-likeness (QED) is 0.733. The van der Waals surface area contributed by atoms with Crippen molar-refractivity contribution in [3.63, 3.8) is 0 Å². The molecule has 0 heterocycles. The van der Waals surface area contributed by atoms with Gasteiger partial charge in [0, 0.05) is 18.3 Å². The van der Waals surface area contributed by atoms with Crippen molar-refractivity contribution in [3.8, 4) is 0 Å². The molecule has 16 heavy (non-hydrogen) atoms. The van der Waals surface area contributed by atoms with Gasteiger partial charge in [0.15, 0.2) is 0 Å². The number of hydrogen-bond donors (Lipinski definition) is 2. The van der Waals surface area contributed by atoms with Gasteiger partial charge in [-0.2, -0.15) is 0 Å². The van der Waals surface area contributed by atoms with E-state index in [1.165, 1.54) is 6.92 Å². The second kappa shape index (κ2) is 5.70. The summed E-state index contributed by atoms with van der Waals surface area (Å²) in [4.78, 5) is 21.6. The highest BCUT2D eigenvalue weighted by atomic mass is 16.2. The summed E-state index contributed by atoms with van der Waals surface area (Å²) in [5.74, 6) is -1.11. The molecule has 0 radical (unpaired) electrons. The Morgan fingerprint density at radius 3 is 2.44 bits per heavy atom. The minimum absolute atomic E-state index is 0.229. The molecule has 0 bridgehead atoms. The molecule has 1 aromatic carbocycles.